The molecule has 0 bridgehead atoms. The van der Waals surface area contributed by atoms with Crippen LogP contribution >= 0.6 is 11.6 Å². The number of halogens is 2. The SMILES string of the molecule is CCC(CO)(Cc1cccc(F)c1Cl)c1ccccc1. The van der Waals surface area contributed by atoms with Crippen LogP contribution in [0, 0.1) is 5.82 Å². The van der Waals surface area contributed by atoms with Gasteiger partial charge in [0.05, 0.1) is 11.6 Å². The summed E-state index contributed by atoms with van der Waals surface area (Å²) in [5.41, 5.74) is 1.34. The van der Waals surface area contributed by atoms with E-state index in [4.69, 9.17) is 11.6 Å². The van der Waals surface area contributed by atoms with Gasteiger partial charge in [0, 0.05) is 5.41 Å². The first-order valence-corrected chi connectivity index (χ1v) is 7.10. The van der Waals surface area contributed by atoms with E-state index in [-0.39, 0.29) is 11.6 Å². The Morgan fingerprint density at radius 3 is 2.40 bits per heavy atom. The summed E-state index contributed by atoms with van der Waals surface area (Å²) in [5, 5.41) is 10.1. The van der Waals surface area contributed by atoms with Gasteiger partial charge in [0.2, 0.25) is 0 Å². The van der Waals surface area contributed by atoms with Gasteiger partial charge >= 0.3 is 0 Å². The molecule has 0 aliphatic heterocycles. The van der Waals surface area contributed by atoms with Gasteiger partial charge in [-0.25, -0.2) is 4.39 Å². The quantitative estimate of drug-likeness (QED) is 0.868. The zero-order valence-electron chi connectivity index (χ0n) is 11.4. The van der Waals surface area contributed by atoms with E-state index in [9.17, 15) is 9.50 Å². The monoisotopic (exact) mass is 292 g/mol. The minimum absolute atomic E-state index is 0.000353. The largest absolute Gasteiger partial charge is 0.395 e. The molecule has 0 radical (unpaired) electrons. The first-order valence-electron chi connectivity index (χ1n) is 6.72. The average Bonchev–Trinajstić information content (AvgIpc) is 2.50. The van der Waals surface area contributed by atoms with Crippen LogP contribution < -0.4 is 0 Å². The Hall–Kier alpha value is -1.38. The van der Waals surface area contributed by atoms with Gasteiger partial charge in [-0.15, -0.1) is 0 Å². The Labute approximate surface area is 124 Å². The minimum atomic E-state index is -0.432. The average molecular weight is 293 g/mol. The van der Waals surface area contributed by atoms with Crippen molar-refractivity contribution in [2.24, 2.45) is 0 Å². The fraction of sp³-hybridized carbons (Fsp3) is 0.294. The number of aliphatic hydroxyl groups is 1. The molecule has 0 spiro atoms. The van der Waals surface area contributed by atoms with Crippen LogP contribution in [0.3, 0.4) is 0 Å². The zero-order chi connectivity index (χ0) is 14.6. The highest BCUT2D eigenvalue weighted by Gasteiger charge is 2.30. The lowest BCUT2D eigenvalue weighted by molar-refractivity contribution is 0.186. The topological polar surface area (TPSA) is 20.2 Å². The maximum Gasteiger partial charge on any atom is 0.142 e. The summed E-state index contributed by atoms with van der Waals surface area (Å²) >= 11 is 6.04. The Bertz CT molecular complexity index is 564. The zero-order valence-corrected chi connectivity index (χ0v) is 12.2. The van der Waals surface area contributed by atoms with Crippen LogP contribution in [-0.2, 0) is 11.8 Å². The smallest absolute Gasteiger partial charge is 0.142 e. The second kappa shape index (κ2) is 6.38. The van der Waals surface area contributed by atoms with Gasteiger partial charge in [-0.3, -0.25) is 0 Å². The predicted molar refractivity (Wildman–Crippen MR) is 80.6 cm³/mol. The van der Waals surface area contributed by atoms with Crippen molar-refractivity contribution in [2.75, 3.05) is 6.61 Å². The Morgan fingerprint density at radius 1 is 1.10 bits per heavy atom. The molecule has 2 aromatic rings. The standard InChI is InChI=1S/C17H18ClFO/c1-2-17(12-20,14-8-4-3-5-9-14)11-13-7-6-10-15(19)16(13)18/h3-10,20H,2,11-12H2,1H3. The van der Waals surface area contributed by atoms with E-state index in [0.717, 1.165) is 17.5 Å². The molecule has 106 valence electrons. The van der Waals surface area contributed by atoms with Gasteiger partial charge in [0.1, 0.15) is 5.82 Å². The summed E-state index contributed by atoms with van der Waals surface area (Å²) in [6.07, 6.45) is 1.26. The lowest BCUT2D eigenvalue weighted by atomic mass is 9.74. The molecule has 2 aromatic carbocycles. The molecule has 0 saturated heterocycles. The van der Waals surface area contributed by atoms with E-state index in [1.807, 2.05) is 43.3 Å². The summed E-state index contributed by atoms with van der Waals surface area (Å²) in [7, 11) is 0. The Balaban J connectivity index is 2.42. The van der Waals surface area contributed by atoms with Crippen LogP contribution in [0.2, 0.25) is 5.02 Å². The van der Waals surface area contributed by atoms with Crippen molar-refractivity contribution < 1.29 is 9.50 Å². The van der Waals surface area contributed by atoms with Crippen LogP contribution in [0.15, 0.2) is 48.5 Å². The molecule has 0 heterocycles. The molecular formula is C17H18ClFO. The molecule has 0 amide bonds. The van der Waals surface area contributed by atoms with Crippen molar-refractivity contribution in [3.63, 3.8) is 0 Å². The molecule has 0 aliphatic carbocycles. The van der Waals surface area contributed by atoms with Crippen molar-refractivity contribution in [2.45, 2.75) is 25.2 Å². The summed E-state index contributed by atoms with van der Waals surface area (Å²) in [5.74, 6) is -0.417. The molecule has 0 fully saturated rings. The normalized spacial score (nSPS) is 14.0. The number of aliphatic hydroxyl groups excluding tert-OH is 1. The van der Waals surface area contributed by atoms with Crippen LogP contribution in [-0.4, -0.2) is 11.7 Å². The van der Waals surface area contributed by atoms with Crippen molar-refractivity contribution in [1.29, 1.82) is 0 Å². The number of rotatable bonds is 5. The first kappa shape index (κ1) is 15.0. The maximum atomic E-state index is 13.6. The molecule has 1 N–H and O–H groups in total. The number of benzene rings is 2. The lowest BCUT2D eigenvalue weighted by Crippen LogP contribution is -2.32. The molecule has 1 unspecified atom stereocenters. The fourth-order valence-corrected chi connectivity index (χ4v) is 2.72. The van der Waals surface area contributed by atoms with Gasteiger partial charge in [-0.1, -0.05) is 61.0 Å². The molecule has 3 heteroatoms. The number of hydrogen-bond acceptors (Lipinski definition) is 1. The molecule has 0 saturated carbocycles. The lowest BCUT2D eigenvalue weighted by Gasteiger charge is -2.32. The third kappa shape index (κ3) is 2.87. The van der Waals surface area contributed by atoms with Gasteiger partial charge in [-0.05, 0) is 30.0 Å². The molecule has 1 nitrogen and oxygen atoms in total. The minimum Gasteiger partial charge on any atom is -0.395 e. The second-order valence-electron chi connectivity index (χ2n) is 5.05. The van der Waals surface area contributed by atoms with Crippen molar-refractivity contribution in [1.82, 2.24) is 0 Å². The van der Waals surface area contributed by atoms with Gasteiger partial charge < -0.3 is 5.11 Å². The van der Waals surface area contributed by atoms with Crippen molar-refractivity contribution in [3.8, 4) is 0 Å². The maximum absolute atomic E-state index is 13.6. The summed E-state index contributed by atoms with van der Waals surface area (Å²) in [6, 6.07) is 14.6. The highest BCUT2D eigenvalue weighted by Crippen LogP contribution is 2.34. The molecule has 20 heavy (non-hydrogen) atoms. The predicted octanol–water partition coefficient (Wildman–Crippen LogP) is 4.36. The van der Waals surface area contributed by atoms with E-state index in [0.29, 0.717) is 6.42 Å². The van der Waals surface area contributed by atoms with Crippen molar-refractivity contribution in [3.05, 3.63) is 70.5 Å². The highest BCUT2D eigenvalue weighted by atomic mass is 35.5. The second-order valence-corrected chi connectivity index (χ2v) is 5.43. The van der Waals surface area contributed by atoms with E-state index in [2.05, 4.69) is 0 Å². The van der Waals surface area contributed by atoms with Crippen LogP contribution in [0.4, 0.5) is 4.39 Å². The summed E-state index contributed by atoms with van der Waals surface area (Å²) in [4.78, 5) is 0. The number of hydrogen-bond donors (Lipinski definition) is 1. The third-order valence-electron chi connectivity index (χ3n) is 3.93. The highest BCUT2D eigenvalue weighted by molar-refractivity contribution is 6.31. The van der Waals surface area contributed by atoms with Gasteiger partial charge in [-0.2, -0.15) is 0 Å². The summed E-state index contributed by atoms with van der Waals surface area (Å²) < 4.78 is 13.6. The Kier molecular flexibility index (Phi) is 4.79. The van der Waals surface area contributed by atoms with Crippen LogP contribution in [0.5, 0.6) is 0 Å². The van der Waals surface area contributed by atoms with Crippen LogP contribution in [0.1, 0.15) is 24.5 Å². The van der Waals surface area contributed by atoms with Crippen molar-refractivity contribution >= 4 is 11.6 Å². The fourth-order valence-electron chi connectivity index (χ4n) is 2.53. The van der Waals surface area contributed by atoms with E-state index < -0.39 is 11.2 Å². The van der Waals surface area contributed by atoms with E-state index in [1.54, 1.807) is 6.07 Å². The molecule has 1 atom stereocenters. The van der Waals surface area contributed by atoms with E-state index in [1.165, 1.54) is 6.07 Å². The summed E-state index contributed by atoms with van der Waals surface area (Å²) in [6.45, 7) is 2.02. The molecule has 2 rings (SSSR count). The van der Waals surface area contributed by atoms with Crippen LogP contribution in [0.25, 0.3) is 0 Å². The first-order chi connectivity index (χ1) is 9.63. The third-order valence-corrected chi connectivity index (χ3v) is 4.35. The van der Waals surface area contributed by atoms with Gasteiger partial charge in [0.15, 0.2) is 0 Å². The van der Waals surface area contributed by atoms with E-state index >= 15 is 0 Å². The molecule has 0 aromatic heterocycles. The van der Waals surface area contributed by atoms with Gasteiger partial charge in [0.25, 0.3) is 0 Å². The molecular weight excluding hydrogens is 275 g/mol. The Morgan fingerprint density at radius 2 is 1.80 bits per heavy atom. The molecule has 0 aliphatic rings.